The average Bonchev–Trinajstić information content (AvgIpc) is 2.48. The number of anilines is 1. The Balaban J connectivity index is 1.96. The molecule has 0 fully saturated rings. The molecule has 0 aromatic heterocycles. The summed E-state index contributed by atoms with van der Waals surface area (Å²) in [6, 6.07) is 16.2. The fourth-order valence-electron chi connectivity index (χ4n) is 2.17. The van der Waals surface area contributed by atoms with E-state index in [-0.39, 0.29) is 5.91 Å². The Labute approximate surface area is 121 Å². The topological polar surface area (TPSA) is 20.3 Å². The molecule has 0 aliphatic heterocycles. The van der Waals surface area contributed by atoms with E-state index < -0.39 is 0 Å². The molecule has 2 aromatic carbocycles. The SMILES string of the molecule is Cc1ccc(CCC(=O)N(C)c2ccccc2)cc1C. The third-order valence-corrected chi connectivity index (χ3v) is 3.72. The zero-order chi connectivity index (χ0) is 14.5. The molecule has 0 N–H and O–H groups in total. The molecule has 0 bridgehead atoms. The molecule has 2 rings (SSSR count). The summed E-state index contributed by atoms with van der Waals surface area (Å²) in [5, 5.41) is 0. The van der Waals surface area contributed by atoms with Gasteiger partial charge in [0, 0.05) is 19.2 Å². The van der Waals surface area contributed by atoms with Crippen LogP contribution in [0.25, 0.3) is 0 Å². The summed E-state index contributed by atoms with van der Waals surface area (Å²) in [4.78, 5) is 13.9. The Bertz CT molecular complexity index is 590. The summed E-state index contributed by atoms with van der Waals surface area (Å²) >= 11 is 0. The van der Waals surface area contributed by atoms with Crippen LogP contribution >= 0.6 is 0 Å². The van der Waals surface area contributed by atoms with Crippen molar-refractivity contribution in [2.75, 3.05) is 11.9 Å². The number of aryl methyl sites for hydroxylation is 3. The van der Waals surface area contributed by atoms with Gasteiger partial charge in [0.15, 0.2) is 0 Å². The van der Waals surface area contributed by atoms with Gasteiger partial charge in [-0.05, 0) is 49.1 Å². The maximum absolute atomic E-state index is 12.2. The van der Waals surface area contributed by atoms with E-state index in [0.717, 1.165) is 12.1 Å². The number of nitrogens with zero attached hydrogens (tertiary/aromatic N) is 1. The first-order chi connectivity index (χ1) is 9.58. The predicted octanol–water partition coefficient (Wildman–Crippen LogP) is 3.90. The summed E-state index contributed by atoms with van der Waals surface area (Å²) in [5.41, 5.74) is 4.74. The lowest BCUT2D eigenvalue weighted by Gasteiger charge is -2.17. The molecule has 0 heterocycles. The van der Waals surface area contributed by atoms with Crippen LogP contribution in [0.4, 0.5) is 5.69 Å². The molecule has 0 saturated heterocycles. The Hall–Kier alpha value is -2.09. The van der Waals surface area contributed by atoms with E-state index >= 15 is 0 Å². The van der Waals surface area contributed by atoms with Gasteiger partial charge in [-0.2, -0.15) is 0 Å². The fraction of sp³-hybridized carbons (Fsp3) is 0.278. The van der Waals surface area contributed by atoms with Gasteiger partial charge in [0.1, 0.15) is 0 Å². The van der Waals surface area contributed by atoms with Gasteiger partial charge in [0.2, 0.25) is 5.91 Å². The van der Waals surface area contributed by atoms with Crippen molar-refractivity contribution < 1.29 is 4.79 Å². The van der Waals surface area contributed by atoms with Crippen molar-refractivity contribution in [2.24, 2.45) is 0 Å². The van der Waals surface area contributed by atoms with Gasteiger partial charge in [-0.15, -0.1) is 0 Å². The summed E-state index contributed by atoms with van der Waals surface area (Å²) in [6.07, 6.45) is 1.32. The summed E-state index contributed by atoms with van der Waals surface area (Å²) in [6.45, 7) is 4.21. The van der Waals surface area contributed by atoms with Crippen LogP contribution in [0.15, 0.2) is 48.5 Å². The van der Waals surface area contributed by atoms with Crippen LogP contribution in [0, 0.1) is 13.8 Å². The highest BCUT2D eigenvalue weighted by molar-refractivity contribution is 5.92. The van der Waals surface area contributed by atoms with Gasteiger partial charge in [-0.25, -0.2) is 0 Å². The largest absolute Gasteiger partial charge is 0.315 e. The molecule has 0 atom stereocenters. The Morgan fingerprint density at radius 2 is 1.70 bits per heavy atom. The van der Waals surface area contributed by atoms with E-state index in [9.17, 15) is 4.79 Å². The van der Waals surface area contributed by atoms with Gasteiger partial charge in [-0.3, -0.25) is 4.79 Å². The van der Waals surface area contributed by atoms with Crippen LogP contribution in [-0.4, -0.2) is 13.0 Å². The lowest BCUT2D eigenvalue weighted by atomic mass is 10.0. The molecule has 0 saturated carbocycles. The van der Waals surface area contributed by atoms with E-state index in [2.05, 4.69) is 32.0 Å². The lowest BCUT2D eigenvalue weighted by Crippen LogP contribution is -2.26. The number of benzene rings is 2. The first-order valence-electron chi connectivity index (χ1n) is 6.95. The number of carbonyl (C=O) groups is 1. The van der Waals surface area contributed by atoms with Crippen LogP contribution in [0.1, 0.15) is 23.1 Å². The standard InChI is InChI=1S/C18H21NO/c1-14-9-10-16(13-15(14)2)11-12-18(20)19(3)17-7-5-4-6-8-17/h4-10,13H,11-12H2,1-3H3. The van der Waals surface area contributed by atoms with E-state index in [4.69, 9.17) is 0 Å². The minimum atomic E-state index is 0.148. The highest BCUT2D eigenvalue weighted by Crippen LogP contribution is 2.15. The first-order valence-corrected chi connectivity index (χ1v) is 6.95. The normalized spacial score (nSPS) is 10.3. The maximum Gasteiger partial charge on any atom is 0.227 e. The van der Waals surface area contributed by atoms with Crippen molar-refractivity contribution in [3.8, 4) is 0 Å². The van der Waals surface area contributed by atoms with E-state index in [1.807, 2.05) is 37.4 Å². The molecular formula is C18H21NO. The number of para-hydroxylation sites is 1. The van der Waals surface area contributed by atoms with Crippen LogP contribution < -0.4 is 4.90 Å². The average molecular weight is 267 g/mol. The number of carbonyl (C=O) groups excluding carboxylic acids is 1. The molecule has 104 valence electrons. The van der Waals surface area contributed by atoms with E-state index in [1.54, 1.807) is 4.90 Å². The molecule has 2 heteroatoms. The number of rotatable bonds is 4. The molecular weight excluding hydrogens is 246 g/mol. The van der Waals surface area contributed by atoms with Gasteiger partial charge in [0.25, 0.3) is 0 Å². The Morgan fingerprint density at radius 3 is 2.35 bits per heavy atom. The second-order valence-corrected chi connectivity index (χ2v) is 5.21. The molecule has 2 nitrogen and oxygen atoms in total. The summed E-state index contributed by atoms with van der Waals surface area (Å²) < 4.78 is 0. The van der Waals surface area contributed by atoms with E-state index in [1.165, 1.54) is 16.7 Å². The number of hydrogen-bond acceptors (Lipinski definition) is 1. The van der Waals surface area contributed by atoms with Crippen molar-refractivity contribution >= 4 is 11.6 Å². The third kappa shape index (κ3) is 3.47. The van der Waals surface area contributed by atoms with Crippen molar-refractivity contribution in [3.63, 3.8) is 0 Å². The minimum absolute atomic E-state index is 0.148. The van der Waals surface area contributed by atoms with Crippen molar-refractivity contribution in [3.05, 3.63) is 65.2 Å². The molecule has 0 aliphatic rings. The second-order valence-electron chi connectivity index (χ2n) is 5.21. The molecule has 20 heavy (non-hydrogen) atoms. The van der Waals surface area contributed by atoms with Crippen molar-refractivity contribution in [1.82, 2.24) is 0 Å². The summed E-state index contributed by atoms with van der Waals surface area (Å²) in [7, 11) is 1.83. The molecule has 0 aliphatic carbocycles. The molecule has 1 amide bonds. The maximum atomic E-state index is 12.2. The van der Waals surface area contributed by atoms with Crippen LogP contribution in [0.2, 0.25) is 0 Å². The molecule has 0 spiro atoms. The zero-order valence-electron chi connectivity index (χ0n) is 12.4. The monoisotopic (exact) mass is 267 g/mol. The minimum Gasteiger partial charge on any atom is -0.315 e. The van der Waals surface area contributed by atoms with Gasteiger partial charge < -0.3 is 4.90 Å². The van der Waals surface area contributed by atoms with Crippen LogP contribution in [0.3, 0.4) is 0 Å². The van der Waals surface area contributed by atoms with Gasteiger partial charge in [0.05, 0.1) is 0 Å². The predicted molar refractivity (Wildman–Crippen MR) is 84.1 cm³/mol. The van der Waals surface area contributed by atoms with E-state index in [0.29, 0.717) is 6.42 Å². The first kappa shape index (κ1) is 14.3. The van der Waals surface area contributed by atoms with Gasteiger partial charge >= 0.3 is 0 Å². The Kier molecular flexibility index (Phi) is 4.57. The highest BCUT2D eigenvalue weighted by Gasteiger charge is 2.10. The summed E-state index contributed by atoms with van der Waals surface area (Å²) in [5.74, 6) is 0.148. The molecule has 0 radical (unpaired) electrons. The molecule has 2 aromatic rings. The van der Waals surface area contributed by atoms with Crippen molar-refractivity contribution in [1.29, 1.82) is 0 Å². The van der Waals surface area contributed by atoms with Crippen molar-refractivity contribution in [2.45, 2.75) is 26.7 Å². The lowest BCUT2D eigenvalue weighted by molar-refractivity contribution is -0.118. The fourth-order valence-corrected chi connectivity index (χ4v) is 2.17. The van der Waals surface area contributed by atoms with Crippen LogP contribution in [0.5, 0.6) is 0 Å². The number of hydrogen-bond donors (Lipinski definition) is 0. The Morgan fingerprint density at radius 1 is 1.00 bits per heavy atom. The molecule has 0 unspecified atom stereocenters. The number of amides is 1. The smallest absolute Gasteiger partial charge is 0.227 e. The van der Waals surface area contributed by atoms with Crippen LogP contribution in [-0.2, 0) is 11.2 Å². The third-order valence-electron chi connectivity index (χ3n) is 3.72. The highest BCUT2D eigenvalue weighted by atomic mass is 16.2. The second kappa shape index (κ2) is 6.38. The zero-order valence-corrected chi connectivity index (χ0v) is 12.4. The van der Waals surface area contributed by atoms with Gasteiger partial charge in [-0.1, -0.05) is 36.4 Å². The quantitative estimate of drug-likeness (QED) is 0.822.